The van der Waals surface area contributed by atoms with Crippen molar-refractivity contribution in [3.63, 3.8) is 0 Å². The molecule has 0 aliphatic carbocycles. The highest BCUT2D eigenvalue weighted by atomic mass is 19.1. The molecular weight excluding hydrogens is 388 g/mol. The van der Waals surface area contributed by atoms with Crippen LogP contribution >= 0.6 is 0 Å². The van der Waals surface area contributed by atoms with Gasteiger partial charge in [0.2, 0.25) is 5.95 Å². The zero-order chi connectivity index (χ0) is 21.3. The zero-order valence-electron chi connectivity index (χ0n) is 17.3. The number of anilines is 3. The highest BCUT2D eigenvalue weighted by molar-refractivity contribution is 5.63. The molecule has 0 saturated carbocycles. The Morgan fingerprint density at radius 1 is 1.03 bits per heavy atom. The van der Waals surface area contributed by atoms with Crippen LogP contribution in [0.5, 0.6) is 0 Å². The van der Waals surface area contributed by atoms with Gasteiger partial charge in [0.15, 0.2) is 5.82 Å². The van der Waals surface area contributed by atoms with E-state index in [2.05, 4.69) is 37.2 Å². The molecule has 9 heteroatoms. The Balaban J connectivity index is 1.54. The van der Waals surface area contributed by atoms with Crippen molar-refractivity contribution in [2.75, 3.05) is 43.4 Å². The zero-order valence-corrected chi connectivity index (χ0v) is 17.3. The lowest BCUT2D eigenvalue weighted by Gasteiger charge is -2.34. The first-order valence-electron chi connectivity index (χ1n) is 9.98. The summed E-state index contributed by atoms with van der Waals surface area (Å²) in [6.45, 7) is 7.57. The van der Waals surface area contributed by atoms with Gasteiger partial charge in [-0.25, -0.2) is 18.7 Å². The Hall–Kier alpha value is -3.07. The number of nitrogens with one attached hydrogen (secondary N) is 1. The topological polar surface area (TPSA) is 62.1 Å². The number of nitrogens with zero attached hydrogens (tertiary/aromatic N) is 6. The first-order chi connectivity index (χ1) is 14.4. The van der Waals surface area contributed by atoms with Crippen LogP contribution in [-0.2, 0) is 0 Å². The highest BCUT2D eigenvalue weighted by Gasteiger charge is 2.17. The van der Waals surface area contributed by atoms with Gasteiger partial charge in [0.1, 0.15) is 11.5 Å². The number of piperazine rings is 1. The van der Waals surface area contributed by atoms with Crippen molar-refractivity contribution in [1.82, 2.24) is 24.6 Å². The van der Waals surface area contributed by atoms with Crippen LogP contribution in [0.25, 0.3) is 11.3 Å². The van der Waals surface area contributed by atoms with Crippen molar-refractivity contribution in [3.8, 4) is 11.3 Å². The standard InChI is InChI=1S/C21H25F2N7/c1-14(2)30-13-15(11-25-30)20-18(23)12-24-21(27-20)26-19-5-4-16(10-17(19)22)29-8-6-28(3)7-9-29/h4-5,10-14H,6-9H2,1-3H3,(H,24,26,27). The molecule has 0 spiro atoms. The maximum Gasteiger partial charge on any atom is 0.228 e. The first kappa shape index (κ1) is 20.2. The van der Waals surface area contributed by atoms with E-state index in [1.165, 1.54) is 6.07 Å². The van der Waals surface area contributed by atoms with Crippen LogP contribution in [0.3, 0.4) is 0 Å². The van der Waals surface area contributed by atoms with Crippen LogP contribution < -0.4 is 10.2 Å². The molecule has 1 aromatic carbocycles. The molecule has 1 saturated heterocycles. The molecule has 0 radical (unpaired) electrons. The number of rotatable bonds is 5. The van der Waals surface area contributed by atoms with Crippen molar-refractivity contribution >= 4 is 17.3 Å². The summed E-state index contributed by atoms with van der Waals surface area (Å²) in [4.78, 5) is 12.6. The number of aromatic nitrogens is 4. The minimum absolute atomic E-state index is 0.119. The first-order valence-corrected chi connectivity index (χ1v) is 9.98. The maximum atomic E-state index is 14.7. The van der Waals surface area contributed by atoms with Gasteiger partial charge >= 0.3 is 0 Å². The Morgan fingerprint density at radius 3 is 2.47 bits per heavy atom. The quantitative estimate of drug-likeness (QED) is 0.688. The lowest BCUT2D eigenvalue weighted by atomic mass is 10.2. The number of likely N-dealkylation sites (N-methyl/N-ethyl adjacent to an activating group) is 1. The summed E-state index contributed by atoms with van der Waals surface area (Å²) in [6, 6.07) is 5.18. The molecule has 1 fully saturated rings. The predicted molar refractivity (Wildman–Crippen MR) is 113 cm³/mol. The molecule has 4 rings (SSSR count). The van der Waals surface area contributed by atoms with Crippen LogP contribution in [0, 0.1) is 11.6 Å². The van der Waals surface area contributed by atoms with Crippen LogP contribution in [-0.4, -0.2) is 57.9 Å². The van der Waals surface area contributed by atoms with E-state index < -0.39 is 11.6 Å². The van der Waals surface area contributed by atoms with E-state index in [9.17, 15) is 8.78 Å². The second-order valence-electron chi connectivity index (χ2n) is 7.77. The van der Waals surface area contributed by atoms with Gasteiger partial charge in [0.25, 0.3) is 0 Å². The molecule has 30 heavy (non-hydrogen) atoms. The van der Waals surface area contributed by atoms with Gasteiger partial charge < -0.3 is 15.1 Å². The fraction of sp³-hybridized carbons (Fsp3) is 0.381. The fourth-order valence-electron chi connectivity index (χ4n) is 3.36. The minimum atomic E-state index is -0.560. The van der Waals surface area contributed by atoms with Crippen LogP contribution in [0.15, 0.2) is 36.8 Å². The van der Waals surface area contributed by atoms with Gasteiger partial charge in [-0.15, -0.1) is 0 Å². The third-order valence-corrected chi connectivity index (χ3v) is 5.22. The monoisotopic (exact) mass is 413 g/mol. The number of hydrogen-bond donors (Lipinski definition) is 1. The molecule has 1 N–H and O–H groups in total. The molecule has 2 aromatic heterocycles. The van der Waals surface area contributed by atoms with E-state index in [-0.39, 0.29) is 23.4 Å². The van der Waals surface area contributed by atoms with Crippen LogP contribution in [0.4, 0.5) is 26.1 Å². The van der Waals surface area contributed by atoms with E-state index in [1.807, 2.05) is 19.9 Å². The fourth-order valence-corrected chi connectivity index (χ4v) is 3.36. The van der Waals surface area contributed by atoms with Crippen molar-refractivity contribution in [3.05, 3.63) is 48.4 Å². The second kappa shape index (κ2) is 8.35. The average Bonchev–Trinajstić information content (AvgIpc) is 3.22. The molecule has 7 nitrogen and oxygen atoms in total. The van der Waals surface area contributed by atoms with Crippen molar-refractivity contribution in [1.29, 1.82) is 0 Å². The van der Waals surface area contributed by atoms with Gasteiger partial charge in [-0.2, -0.15) is 5.10 Å². The van der Waals surface area contributed by atoms with E-state index in [4.69, 9.17) is 0 Å². The molecule has 3 aromatic rings. The average molecular weight is 413 g/mol. The predicted octanol–water partition coefficient (Wildman–Crippen LogP) is 3.69. The highest BCUT2D eigenvalue weighted by Crippen LogP contribution is 2.26. The van der Waals surface area contributed by atoms with E-state index in [0.717, 1.165) is 38.1 Å². The number of benzene rings is 1. The summed E-state index contributed by atoms with van der Waals surface area (Å²) in [5.74, 6) is -0.849. The molecular formula is C21H25F2N7. The van der Waals surface area contributed by atoms with E-state index in [0.29, 0.717) is 5.56 Å². The SMILES string of the molecule is CC(C)n1cc(-c2nc(Nc3ccc(N4CCN(C)CC4)cc3F)ncc2F)cn1. The van der Waals surface area contributed by atoms with E-state index in [1.54, 1.807) is 23.1 Å². The van der Waals surface area contributed by atoms with Crippen molar-refractivity contribution < 1.29 is 8.78 Å². The lowest BCUT2D eigenvalue weighted by molar-refractivity contribution is 0.313. The number of halogens is 2. The molecule has 1 aliphatic heterocycles. The molecule has 0 amide bonds. The molecule has 0 atom stereocenters. The Morgan fingerprint density at radius 2 is 1.80 bits per heavy atom. The van der Waals surface area contributed by atoms with Crippen molar-refractivity contribution in [2.24, 2.45) is 0 Å². The maximum absolute atomic E-state index is 14.7. The van der Waals surface area contributed by atoms with Gasteiger partial charge in [-0.05, 0) is 39.1 Å². The number of hydrogen-bond acceptors (Lipinski definition) is 6. The molecule has 158 valence electrons. The second-order valence-corrected chi connectivity index (χ2v) is 7.77. The minimum Gasteiger partial charge on any atom is -0.369 e. The Labute approximate surface area is 174 Å². The smallest absolute Gasteiger partial charge is 0.228 e. The summed E-state index contributed by atoms with van der Waals surface area (Å²) >= 11 is 0. The molecule has 0 unspecified atom stereocenters. The third-order valence-electron chi connectivity index (χ3n) is 5.22. The lowest BCUT2D eigenvalue weighted by Crippen LogP contribution is -2.44. The van der Waals surface area contributed by atoms with E-state index >= 15 is 0 Å². The van der Waals surface area contributed by atoms with Gasteiger partial charge in [0, 0.05) is 49.7 Å². The van der Waals surface area contributed by atoms with Gasteiger partial charge in [0.05, 0.1) is 18.1 Å². The Kier molecular flexibility index (Phi) is 5.63. The van der Waals surface area contributed by atoms with Gasteiger partial charge in [-0.3, -0.25) is 4.68 Å². The van der Waals surface area contributed by atoms with Crippen LogP contribution in [0.1, 0.15) is 19.9 Å². The normalized spacial score (nSPS) is 15.1. The largest absolute Gasteiger partial charge is 0.369 e. The molecule has 0 bridgehead atoms. The molecule has 3 heterocycles. The molecule has 1 aliphatic rings. The summed E-state index contributed by atoms with van der Waals surface area (Å²) in [5.41, 5.74) is 1.74. The van der Waals surface area contributed by atoms with Gasteiger partial charge in [-0.1, -0.05) is 0 Å². The summed E-state index contributed by atoms with van der Waals surface area (Å²) in [7, 11) is 2.08. The summed E-state index contributed by atoms with van der Waals surface area (Å²) in [6.07, 6.45) is 4.36. The van der Waals surface area contributed by atoms with Crippen molar-refractivity contribution in [2.45, 2.75) is 19.9 Å². The summed E-state index contributed by atoms with van der Waals surface area (Å²) in [5, 5.41) is 7.08. The summed E-state index contributed by atoms with van der Waals surface area (Å²) < 4.78 is 30.7. The Bertz CT molecular complexity index is 1030. The third kappa shape index (κ3) is 4.25. The van der Waals surface area contributed by atoms with Crippen LogP contribution in [0.2, 0.25) is 0 Å².